The number of carbonyl (C=O) groups is 1. The maximum absolute atomic E-state index is 14.1. The number of likely N-dealkylation sites (N-methyl/N-ethyl adjacent to an activating group) is 1. The third-order valence-electron chi connectivity index (χ3n) is 11.2. The number of nitrogens with one attached hydrogen (secondary N) is 1. The number of hydrogen-bond acceptors (Lipinski definition) is 7. The zero-order valence-corrected chi connectivity index (χ0v) is 25.7. The van der Waals surface area contributed by atoms with Crippen LogP contribution in [0.3, 0.4) is 0 Å². The number of amides is 1. The van der Waals surface area contributed by atoms with Gasteiger partial charge in [-0.25, -0.2) is 0 Å². The van der Waals surface area contributed by atoms with Gasteiger partial charge in [0.25, 0.3) is 5.91 Å². The van der Waals surface area contributed by atoms with Crippen LogP contribution < -0.4 is 23.8 Å². The van der Waals surface area contributed by atoms with E-state index in [0.29, 0.717) is 30.7 Å². The highest BCUT2D eigenvalue weighted by molar-refractivity contribution is 5.95. The van der Waals surface area contributed by atoms with Crippen molar-refractivity contribution in [3.8, 4) is 23.0 Å². The molecule has 5 aliphatic rings. The first-order chi connectivity index (χ1) is 20.9. The van der Waals surface area contributed by atoms with Gasteiger partial charge in [-0.05, 0) is 80.6 Å². The van der Waals surface area contributed by atoms with Gasteiger partial charge in [0.05, 0.1) is 32.7 Å². The van der Waals surface area contributed by atoms with E-state index in [4.69, 9.17) is 18.9 Å². The predicted octanol–water partition coefficient (Wildman–Crippen LogP) is 4.12. The minimum Gasteiger partial charge on any atom is -0.497 e. The second-order valence-electron chi connectivity index (χ2n) is 12.8. The molecule has 2 saturated heterocycles. The summed E-state index contributed by atoms with van der Waals surface area (Å²) in [5, 5.41) is 0. The smallest absolute Gasteiger partial charge is 0.270 e. The Kier molecular flexibility index (Phi) is 5.96. The number of nitrogens with zero attached hydrogens (tertiary/aromatic N) is 3. The van der Waals surface area contributed by atoms with E-state index in [1.54, 1.807) is 21.3 Å². The fraction of sp³-hybridized carbons (Fsp3) is 0.500. The standard InChI is InChI=1S/C34H40N4O5/c1-19-22-18-23-25-16-20-6-9-26(41-4)31-28(20)34(23,10-11-36(25)2)32(43-31)30(22)35-29(19)33(39)38-14-12-37(13-15-38)24-8-7-21(40-3)17-27(24)42-5/h6-9,17,23,25,32,35H,10-16,18H2,1-5H3/t23?,25-,32-,34-/m0/s1. The number of rotatable bonds is 5. The molecule has 3 aromatic rings. The van der Waals surface area contributed by atoms with E-state index >= 15 is 0 Å². The number of benzene rings is 2. The first kappa shape index (κ1) is 26.8. The number of anilines is 1. The molecular weight excluding hydrogens is 544 g/mol. The van der Waals surface area contributed by atoms with Crippen molar-refractivity contribution < 1.29 is 23.7 Å². The highest BCUT2D eigenvalue weighted by Crippen LogP contribution is 2.67. The molecule has 1 spiro atoms. The van der Waals surface area contributed by atoms with Gasteiger partial charge in [-0.1, -0.05) is 6.07 Å². The topological polar surface area (TPSA) is 79.5 Å². The second-order valence-corrected chi connectivity index (χ2v) is 12.8. The average molecular weight is 585 g/mol. The van der Waals surface area contributed by atoms with E-state index in [1.807, 2.05) is 23.1 Å². The zero-order chi connectivity index (χ0) is 29.6. The Labute approximate surface area is 252 Å². The molecule has 1 unspecified atom stereocenters. The number of ether oxygens (including phenoxy) is 4. The van der Waals surface area contributed by atoms with Gasteiger partial charge >= 0.3 is 0 Å². The first-order valence-electron chi connectivity index (χ1n) is 15.4. The van der Waals surface area contributed by atoms with Crippen LogP contribution in [0.5, 0.6) is 23.0 Å². The van der Waals surface area contributed by atoms with Gasteiger partial charge in [0.1, 0.15) is 23.3 Å². The molecule has 3 aliphatic heterocycles. The van der Waals surface area contributed by atoms with Crippen LogP contribution in [0.4, 0.5) is 5.69 Å². The summed E-state index contributed by atoms with van der Waals surface area (Å²) >= 11 is 0. The van der Waals surface area contributed by atoms with Gasteiger partial charge in [0.2, 0.25) is 0 Å². The van der Waals surface area contributed by atoms with Gasteiger partial charge in [-0.15, -0.1) is 0 Å². The summed E-state index contributed by atoms with van der Waals surface area (Å²) in [5.74, 6) is 3.77. The monoisotopic (exact) mass is 584 g/mol. The molecule has 0 radical (unpaired) electrons. The number of fused-ring (bicyclic) bond motifs is 2. The average Bonchev–Trinajstić information content (AvgIpc) is 3.56. The van der Waals surface area contributed by atoms with Crippen LogP contribution in [-0.2, 0) is 18.3 Å². The molecule has 8 rings (SSSR count). The summed E-state index contributed by atoms with van der Waals surface area (Å²) in [6.45, 7) is 5.91. The van der Waals surface area contributed by atoms with Gasteiger partial charge in [-0.2, -0.15) is 0 Å². The van der Waals surface area contributed by atoms with Gasteiger partial charge in [0.15, 0.2) is 11.5 Å². The quantitative estimate of drug-likeness (QED) is 0.484. The van der Waals surface area contributed by atoms with Crippen LogP contribution in [0.25, 0.3) is 0 Å². The third-order valence-corrected chi connectivity index (χ3v) is 11.2. The molecule has 1 N–H and O–H groups in total. The number of H-pyrrole nitrogens is 1. The number of piperidine rings is 1. The summed E-state index contributed by atoms with van der Waals surface area (Å²) in [4.78, 5) is 24.6. The van der Waals surface area contributed by atoms with E-state index < -0.39 is 0 Å². The maximum atomic E-state index is 14.1. The maximum Gasteiger partial charge on any atom is 0.270 e. The molecule has 4 heterocycles. The Balaban J connectivity index is 1.10. The van der Waals surface area contributed by atoms with Gasteiger partial charge in [0, 0.05) is 49.3 Å². The first-order valence-corrected chi connectivity index (χ1v) is 15.4. The van der Waals surface area contributed by atoms with Crippen LogP contribution in [0.2, 0.25) is 0 Å². The van der Waals surface area contributed by atoms with Crippen LogP contribution in [-0.4, -0.2) is 87.8 Å². The lowest BCUT2D eigenvalue weighted by Gasteiger charge is -2.57. The van der Waals surface area contributed by atoms with Crippen molar-refractivity contribution in [3.05, 3.63) is 64.0 Å². The fourth-order valence-electron chi connectivity index (χ4n) is 9.01. The predicted molar refractivity (Wildman–Crippen MR) is 163 cm³/mol. The molecule has 2 bridgehead atoms. The Morgan fingerprint density at radius 2 is 1.77 bits per heavy atom. The van der Waals surface area contributed by atoms with Crippen LogP contribution in [0.1, 0.15) is 51.0 Å². The molecule has 2 aromatic carbocycles. The van der Waals surface area contributed by atoms with E-state index in [2.05, 4.69) is 40.9 Å². The van der Waals surface area contributed by atoms with Crippen LogP contribution in [0, 0.1) is 12.8 Å². The Bertz CT molecular complexity index is 1630. The molecule has 9 heteroatoms. The van der Waals surface area contributed by atoms with Crippen molar-refractivity contribution in [1.29, 1.82) is 0 Å². The van der Waals surface area contributed by atoms with Gasteiger partial charge < -0.3 is 38.6 Å². The lowest BCUT2D eigenvalue weighted by Crippen LogP contribution is -2.62. The van der Waals surface area contributed by atoms with Crippen molar-refractivity contribution in [2.24, 2.45) is 5.92 Å². The number of aromatic nitrogens is 1. The summed E-state index contributed by atoms with van der Waals surface area (Å²) in [6, 6.07) is 10.7. The van der Waals surface area contributed by atoms with E-state index in [-0.39, 0.29) is 17.4 Å². The molecule has 1 amide bonds. The number of hydrogen-bond donors (Lipinski definition) is 1. The highest BCUT2D eigenvalue weighted by Gasteiger charge is 2.65. The lowest BCUT2D eigenvalue weighted by molar-refractivity contribution is -0.0256. The summed E-state index contributed by atoms with van der Waals surface area (Å²) in [5.41, 5.74) is 7.83. The highest BCUT2D eigenvalue weighted by atomic mass is 16.5. The van der Waals surface area contributed by atoms with Crippen molar-refractivity contribution in [3.63, 3.8) is 0 Å². The Morgan fingerprint density at radius 3 is 2.51 bits per heavy atom. The SMILES string of the molecule is COc1ccc(N2CCN(C(=O)c3[nH]c4c(c3C)CC3[C@@H]5Cc6ccc(OC)c7c6[C@@]3(CCN5C)[C@H]4O7)CC2)c(OC)c1. The Morgan fingerprint density at radius 1 is 0.977 bits per heavy atom. The number of piperazine rings is 1. The molecule has 226 valence electrons. The van der Waals surface area contributed by atoms with Crippen molar-refractivity contribution in [1.82, 2.24) is 14.8 Å². The molecule has 0 saturated carbocycles. The molecule has 4 atom stereocenters. The summed E-state index contributed by atoms with van der Waals surface area (Å²) in [6.07, 6.45) is 2.89. The largest absolute Gasteiger partial charge is 0.497 e. The van der Waals surface area contributed by atoms with Crippen LogP contribution >= 0.6 is 0 Å². The number of aromatic amines is 1. The normalized spacial score (nSPS) is 26.9. The molecule has 2 fully saturated rings. The number of likely N-dealkylation sites (tertiary alicyclic amines) is 1. The van der Waals surface area contributed by atoms with Crippen molar-refractivity contribution >= 4 is 11.6 Å². The van der Waals surface area contributed by atoms with E-state index in [1.165, 1.54) is 16.7 Å². The van der Waals surface area contributed by atoms with E-state index in [0.717, 1.165) is 78.8 Å². The minimum absolute atomic E-state index is 0.0718. The number of methoxy groups -OCH3 is 3. The summed E-state index contributed by atoms with van der Waals surface area (Å²) in [7, 11) is 7.33. The fourth-order valence-corrected chi connectivity index (χ4v) is 9.01. The summed E-state index contributed by atoms with van der Waals surface area (Å²) < 4.78 is 23.8. The molecule has 43 heavy (non-hydrogen) atoms. The molecule has 9 nitrogen and oxygen atoms in total. The van der Waals surface area contributed by atoms with Crippen molar-refractivity contribution in [2.45, 2.75) is 43.7 Å². The van der Waals surface area contributed by atoms with E-state index in [9.17, 15) is 4.79 Å². The van der Waals surface area contributed by atoms with Gasteiger partial charge in [-0.3, -0.25) is 4.79 Å². The lowest BCUT2D eigenvalue weighted by atomic mass is 9.51. The second kappa shape index (κ2) is 9.58. The number of carbonyl (C=O) groups excluding carboxylic acids is 1. The van der Waals surface area contributed by atoms with Crippen molar-refractivity contribution in [2.75, 3.05) is 66.0 Å². The molecular formula is C34H40N4O5. The molecule has 2 aliphatic carbocycles. The zero-order valence-electron chi connectivity index (χ0n) is 25.7. The minimum atomic E-state index is -0.137. The van der Waals surface area contributed by atoms with Crippen LogP contribution in [0.15, 0.2) is 30.3 Å². The Hall–Kier alpha value is -3.85. The molecule has 1 aromatic heterocycles. The third kappa shape index (κ3) is 3.57.